The Labute approximate surface area is 199 Å². The van der Waals surface area contributed by atoms with E-state index in [4.69, 9.17) is 21.2 Å². The van der Waals surface area contributed by atoms with Crippen molar-refractivity contribution in [2.45, 2.75) is 25.3 Å². The van der Waals surface area contributed by atoms with Gasteiger partial charge in [0.1, 0.15) is 36.7 Å². The van der Waals surface area contributed by atoms with E-state index in [9.17, 15) is 23.4 Å². The summed E-state index contributed by atoms with van der Waals surface area (Å²) in [6.45, 7) is 2.87. The summed E-state index contributed by atoms with van der Waals surface area (Å²) in [5, 5.41) is 9.60. The van der Waals surface area contributed by atoms with Gasteiger partial charge in [0.15, 0.2) is 10.8 Å². The van der Waals surface area contributed by atoms with Crippen molar-refractivity contribution < 1.29 is 33.0 Å². The molecule has 1 saturated heterocycles. The molecule has 3 unspecified atom stereocenters. The first-order valence-electron chi connectivity index (χ1n) is 9.43. The van der Waals surface area contributed by atoms with Crippen molar-refractivity contribution in [1.29, 1.82) is 0 Å². The second-order valence-electron chi connectivity index (χ2n) is 6.89. The molecule has 178 valence electrons. The average Bonchev–Trinajstić information content (AvgIpc) is 3.23. The highest BCUT2D eigenvalue weighted by Gasteiger charge is 2.55. The Kier molecular flexibility index (Phi) is 7.81. The normalized spacial score (nSPS) is 22.3. The van der Waals surface area contributed by atoms with E-state index >= 15 is 0 Å². The highest BCUT2D eigenvalue weighted by Crippen LogP contribution is 2.34. The lowest BCUT2D eigenvalue weighted by Crippen LogP contribution is -2.73. The fourth-order valence-corrected chi connectivity index (χ4v) is 5.76. The van der Waals surface area contributed by atoms with Crippen LogP contribution in [0.25, 0.3) is 0 Å². The number of carbonyl (C=O) groups is 4. The van der Waals surface area contributed by atoms with Crippen LogP contribution in [0.2, 0.25) is 0 Å². The van der Waals surface area contributed by atoms with Gasteiger partial charge in [-0.1, -0.05) is 5.16 Å². The third-order valence-electron chi connectivity index (χ3n) is 4.75. The quantitative estimate of drug-likeness (QED) is 0.159. The molecular formula is C18H20ClN5O7S2. The summed E-state index contributed by atoms with van der Waals surface area (Å²) >= 11 is 6.50. The SMILES string of the molecule is CO/N=C(\C(=O)NC1C(=O)N2C(C)=C(COC(C)=O)CS(=O)C12)c1csc(NC(=O)CCl)n1. The molecule has 1 fully saturated rings. The first-order chi connectivity index (χ1) is 15.7. The Morgan fingerprint density at radius 1 is 1.42 bits per heavy atom. The zero-order valence-electron chi connectivity index (χ0n) is 17.7. The Morgan fingerprint density at radius 2 is 2.15 bits per heavy atom. The number of oxime groups is 1. The van der Waals surface area contributed by atoms with Gasteiger partial charge in [0.2, 0.25) is 5.91 Å². The van der Waals surface area contributed by atoms with E-state index in [1.807, 2.05) is 0 Å². The van der Waals surface area contributed by atoms with Gasteiger partial charge in [0, 0.05) is 18.0 Å². The number of nitrogens with zero attached hydrogens (tertiary/aromatic N) is 3. The first kappa shape index (κ1) is 24.8. The molecule has 2 aliphatic heterocycles. The number of rotatable bonds is 8. The maximum atomic E-state index is 12.9. The van der Waals surface area contributed by atoms with E-state index in [0.717, 1.165) is 11.3 Å². The molecule has 1 aromatic rings. The van der Waals surface area contributed by atoms with Crippen LogP contribution in [0.15, 0.2) is 21.8 Å². The summed E-state index contributed by atoms with van der Waals surface area (Å²) in [6.07, 6.45) is 0. The van der Waals surface area contributed by atoms with Gasteiger partial charge in [-0.2, -0.15) is 0 Å². The Bertz CT molecular complexity index is 1090. The Hall–Kier alpha value is -2.84. The summed E-state index contributed by atoms with van der Waals surface area (Å²) in [6, 6.07) is -1.04. The van der Waals surface area contributed by atoms with Crippen LogP contribution in [-0.2, 0) is 39.6 Å². The van der Waals surface area contributed by atoms with Gasteiger partial charge in [-0.25, -0.2) is 4.98 Å². The highest BCUT2D eigenvalue weighted by molar-refractivity contribution is 7.86. The van der Waals surface area contributed by atoms with Crippen LogP contribution in [-0.4, -0.2) is 80.3 Å². The standard InChI is InChI=1S/C18H20ClN5O7S2/c1-8-10(5-31-9(2)25)7-33(29)17-14(16(28)24(8)17)22-15(27)13(23-30-3)11-6-32-18(20-11)21-12(26)4-19/h6,14,17H,4-5,7H2,1-3H3,(H,22,27)(H,20,21,26)/b23-13-. The maximum absolute atomic E-state index is 12.9. The molecule has 12 nitrogen and oxygen atoms in total. The Balaban J connectivity index is 1.74. The fourth-order valence-electron chi connectivity index (χ4n) is 3.19. The highest BCUT2D eigenvalue weighted by atomic mass is 35.5. The van der Waals surface area contributed by atoms with E-state index in [1.54, 1.807) is 6.92 Å². The lowest BCUT2D eigenvalue weighted by atomic mass is 10.0. The van der Waals surface area contributed by atoms with Crippen LogP contribution in [0, 0.1) is 0 Å². The predicted molar refractivity (Wildman–Crippen MR) is 120 cm³/mol. The number of alkyl halides is 1. The third kappa shape index (κ3) is 5.23. The summed E-state index contributed by atoms with van der Waals surface area (Å²) in [4.78, 5) is 58.3. The lowest BCUT2D eigenvalue weighted by molar-refractivity contribution is -0.145. The van der Waals surface area contributed by atoms with Crippen molar-refractivity contribution in [3.05, 3.63) is 22.3 Å². The van der Waals surface area contributed by atoms with Gasteiger partial charge in [0.25, 0.3) is 11.8 Å². The van der Waals surface area contributed by atoms with Crippen molar-refractivity contribution in [2.75, 3.05) is 30.7 Å². The molecular weight excluding hydrogens is 498 g/mol. The van der Waals surface area contributed by atoms with Gasteiger partial charge in [0.05, 0.1) is 16.6 Å². The number of halogens is 1. The van der Waals surface area contributed by atoms with Crippen molar-refractivity contribution in [2.24, 2.45) is 5.16 Å². The largest absolute Gasteiger partial charge is 0.461 e. The monoisotopic (exact) mass is 517 g/mol. The molecule has 0 bridgehead atoms. The Morgan fingerprint density at radius 3 is 2.79 bits per heavy atom. The maximum Gasteiger partial charge on any atom is 0.302 e. The minimum absolute atomic E-state index is 0.0580. The molecule has 0 saturated carbocycles. The fraction of sp³-hybridized carbons (Fsp3) is 0.444. The van der Waals surface area contributed by atoms with E-state index in [0.29, 0.717) is 11.3 Å². The molecule has 3 heterocycles. The number of amides is 3. The number of anilines is 1. The number of ether oxygens (including phenoxy) is 1. The number of carbonyl (C=O) groups excluding carboxylic acids is 4. The molecule has 33 heavy (non-hydrogen) atoms. The van der Waals surface area contributed by atoms with Gasteiger partial charge in [-0.15, -0.1) is 22.9 Å². The van der Waals surface area contributed by atoms with E-state index < -0.39 is 45.9 Å². The topological polar surface area (TPSA) is 156 Å². The number of thiazole rings is 1. The first-order valence-corrected chi connectivity index (χ1v) is 12.2. The molecule has 2 N–H and O–H groups in total. The summed E-state index contributed by atoms with van der Waals surface area (Å²) in [7, 11) is -0.292. The van der Waals surface area contributed by atoms with Crippen LogP contribution >= 0.6 is 22.9 Å². The predicted octanol–water partition coefficient (Wildman–Crippen LogP) is -0.0766. The van der Waals surface area contributed by atoms with Crippen LogP contribution in [0.5, 0.6) is 0 Å². The smallest absolute Gasteiger partial charge is 0.302 e. The van der Waals surface area contributed by atoms with Crippen LogP contribution in [0.4, 0.5) is 5.13 Å². The zero-order chi connectivity index (χ0) is 24.3. The minimum Gasteiger partial charge on any atom is -0.461 e. The summed E-state index contributed by atoms with van der Waals surface area (Å²) < 4.78 is 17.7. The van der Waals surface area contributed by atoms with Crippen molar-refractivity contribution >= 4 is 68.3 Å². The van der Waals surface area contributed by atoms with Crippen molar-refractivity contribution in [3.8, 4) is 0 Å². The van der Waals surface area contributed by atoms with E-state index in [-0.39, 0.29) is 34.8 Å². The van der Waals surface area contributed by atoms with Gasteiger partial charge >= 0.3 is 5.97 Å². The molecule has 0 aromatic carbocycles. The number of hydrogen-bond donors (Lipinski definition) is 2. The molecule has 0 radical (unpaired) electrons. The molecule has 1 aromatic heterocycles. The third-order valence-corrected chi connectivity index (χ3v) is 7.41. The molecule has 2 aliphatic rings. The van der Waals surface area contributed by atoms with Crippen LogP contribution in [0.1, 0.15) is 19.5 Å². The van der Waals surface area contributed by atoms with Gasteiger partial charge < -0.3 is 20.2 Å². The van der Waals surface area contributed by atoms with Crippen LogP contribution < -0.4 is 10.6 Å². The molecule has 3 atom stereocenters. The average molecular weight is 518 g/mol. The minimum atomic E-state index is -1.53. The van der Waals surface area contributed by atoms with Crippen LogP contribution in [0.3, 0.4) is 0 Å². The van der Waals surface area contributed by atoms with Gasteiger partial charge in [-0.05, 0) is 12.5 Å². The zero-order valence-corrected chi connectivity index (χ0v) is 20.1. The number of esters is 1. The summed E-state index contributed by atoms with van der Waals surface area (Å²) in [5.41, 5.74) is 1.00. The summed E-state index contributed by atoms with van der Waals surface area (Å²) in [5.74, 6) is -2.33. The lowest BCUT2D eigenvalue weighted by Gasteiger charge is -2.49. The van der Waals surface area contributed by atoms with E-state index in [2.05, 4.69) is 20.8 Å². The second kappa shape index (κ2) is 10.4. The van der Waals surface area contributed by atoms with E-state index in [1.165, 1.54) is 24.3 Å². The van der Waals surface area contributed by atoms with Crippen molar-refractivity contribution in [1.82, 2.24) is 15.2 Å². The van der Waals surface area contributed by atoms with Crippen molar-refractivity contribution in [3.63, 3.8) is 0 Å². The molecule has 0 aliphatic carbocycles. The molecule has 3 amide bonds. The molecule has 0 spiro atoms. The van der Waals surface area contributed by atoms with Gasteiger partial charge in [-0.3, -0.25) is 28.3 Å². The number of aromatic nitrogens is 1. The number of allylic oxidation sites excluding steroid dienone is 1. The number of nitrogens with one attached hydrogen (secondary N) is 2. The second-order valence-corrected chi connectivity index (χ2v) is 9.54. The number of hydrogen-bond acceptors (Lipinski definition) is 10. The number of β-lactam (4-membered cyclic amide) rings is 1. The molecule has 15 heteroatoms. The molecule has 3 rings (SSSR count). The number of fused-ring (bicyclic) bond motifs is 1.